The number of anilines is 1. The molecule has 0 atom stereocenters. The zero-order valence-corrected chi connectivity index (χ0v) is 5.36. The lowest BCUT2D eigenvalue weighted by Crippen LogP contribution is -1.87. The summed E-state index contributed by atoms with van der Waals surface area (Å²) in [4.78, 5) is 0. The SMILES string of the molecule is Nc1cc2ccccn2n1. The lowest BCUT2D eigenvalue weighted by Gasteiger charge is -1.86. The summed E-state index contributed by atoms with van der Waals surface area (Å²) in [6, 6.07) is 7.67. The van der Waals surface area contributed by atoms with E-state index in [2.05, 4.69) is 5.10 Å². The highest BCUT2D eigenvalue weighted by molar-refractivity contribution is 5.53. The maximum Gasteiger partial charge on any atom is 0.146 e. The molecule has 10 heavy (non-hydrogen) atoms. The van der Waals surface area contributed by atoms with Crippen LogP contribution >= 0.6 is 0 Å². The first-order valence-corrected chi connectivity index (χ1v) is 3.06. The van der Waals surface area contributed by atoms with Crippen molar-refractivity contribution in [2.45, 2.75) is 0 Å². The van der Waals surface area contributed by atoms with Gasteiger partial charge in [-0.05, 0) is 12.1 Å². The number of hydrogen-bond acceptors (Lipinski definition) is 2. The Labute approximate surface area is 58.1 Å². The van der Waals surface area contributed by atoms with Gasteiger partial charge in [-0.1, -0.05) is 6.07 Å². The third-order valence-electron chi connectivity index (χ3n) is 1.39. The molecule has 0 unspecified atom stereocenters. The van der Waals surface area contributed by atoms with Crippen molar-refractivity contribution in [3.8, 4) is 0 Å². The fourth-order valence-corrected chi connectivity index (χ4v) is 0.958. The number of hydrogen-bond donors (Lipinski definition) is 1. The van der Waals surface area contributed by atoms with E-state index in [1.807, 2.05) is 30.5 Å². The minimum atomic E-state index is 0.561. The van der Waals surface area contributed by atoms with E-state index < -0.39 is 0 Å². The monoisotopic (exact) mass is 133 g/mol. The minimum Gasteiger partial charge on any atom is -0.382 e. The number of nitrogens with zero attached hydrogens (tertiary/aromatic N) is 2. The second-order valence-corrected chi connectivity index (χ2v) is 2.14. The molecule has 2 aromatic heterocycles. The Balaban J connectivity index is 2.88. The fraction of sp³-hybridized carbons (Fsp3) is 0. The van der Waals surface area contributed by atoms with Gasteiger partial charge in [-0.3, -0.25) is 0 Å². The molecule has 2 N–H and O–H groups in total. The van der Waals surface area contributed by atoms with Gasteiger partial charge < -0.3 is 5.73 Å². The van der Waals surface area contributed by atoms with Gasteiger partial charge in [0.05, 0.1) is 5.52 Å². The number of nitrogens with two attached hydrogens (primary N) is 1. The smallest absolute Gasteiger partial charge is 0.146 e. The molecule has 0 bridgehead atoms. The average Bonchev–Trinajstić information content (AvgIpc) is 2.27. The van der Waals surface area contributed by atoms with Gasteiger partial charge in [0, 0.05) is 12.3 Å². The van der Waals surface area contributed by atoms with Crippen LogP contribution in [0.1, 0.15) is 0 Å². The van der Waals surface area contributed by atoms with Crippen LogP contribution in [0.3, 0.4) is 0 Å². The van der Waals surface area contributed by atoms with Crippen molar-refractivity contribution < 1.29 is 0 Å². The third kappa shape index (κ3) is 0.639. The van der Waals surface area contributed by atoms with E-state index in [9.17, 15) is 0 Å². The Morgan fingerprint density at radius 2 is 2.30 bits per heavy atom. The summed E-state index contributed by atoms with van der Waals surface area (Å²) in [5.74, 6) is 0.561. The average molecular weight is 133 g/mol. The van der Waals surface area contributed by atoms with Gasteiger partial charge in [-0.2, -0.15) is 5.10 Å². The van der Waals surface area contributed by atoms with E-state index in [-0.39, 0.29) is 0 Å². The van der Waals surface area contributed by atoms with E-state index in [1.165, 1.54) is 0 Å². The lowest BCUT2D eigenvalue weighted by atomic mass is 10.4. The molecule has 0 spiro atoms. The van der Waals surface area contributed by atoms with Gasteiger partial charge in [0.2, 0.25) is 0 Å². The largest absolute Gasteiger partial charge is 0.382 e. The summed E-state index contributed by atoms with van der Waals surface area (Å²) in [6.07, 6.45) is 1.87. The van der Waals surface area contributed by atoms with Crippen LogP contribution in [-0.2, 0) is 0 Å². The summed E-state index contributed by atoms with van der Waals surface area (Å²) in [6.45, 7) is 0. The number of aromatic nitrogens is 2. The van der Waals surface area contributed by atoms with Crippen LogP contribution in [0.15, 0.2) is 30.5 Å². The Morgan fingerprint density at radius 1 is 1.40 bits per heavy atom. The molecule has 3 heteroatoms. The second kappa shape index (κ2) is 1.73. The van der Waals surface area contributed by atoms with Crippen molar-refractivity contribution in [1.29, 1.82) is 0 Å². The van der Waals surface area contributed by atoms with Gasteiger partial charge >= 0.3 is 0 Å². The zero-order valence-electron chi connectivity index (χ0n) is 5.36. The molecule has 0 fully saturated rings. The molecule has 0 aliphatic carbocycles. The Bertz CT molecular complexity index is 317. The van der Waals surface area contributed by atoms with Gasteiger partial charge in [0.1, 0.15) is 5.82 Å². The van der Waals surface area contributed by atoms with E-state index in [4.69, 9.17) is 5.73 Å². The molecule has 50 valence electrons. The predicted molar refractivity (Wildman–Crippen MR) is 39.6 cm³/mol. The lowest BCUT2D eigenvalue weighted by molar-refractivity contribution is 0.968. The Kier molecular flexibility index (Phi) is 0.917. The molecule has 2 rings (SSSR count). The molecule has 0 saturated heterocycles. The molecule has 0 amide bonds. The van der Waals surface area contributed by atoms with Crippen LogP contribution in [0.5, 0.6) is 0 Å². The van der Waals surface area contributed by atoms with Crippen LogP contribution < -0.4 is 5.73 Å². The summed E-state index contributed by atoms with van der Waals surface area (Å²) in [7, 11) is 0. The third-order valence-corrected chi connectivity index (χ3v) is 1.39. The summed E-state index contributed by atoms with van der Waals surface area (Å²) < 4.78 is 1.75. The molecule has 0 aliphatic heterocycles. The van der Waals surface area contributed by atoms with Gasteiger partial charge in [-0.25, -0.2) is 4.52 Å². The normalized spacial score (nSPS) is 10.4. The molecule has 0 saturated carbocycles. The quantitative estimate of drug-likeness (QED) is 0.580. The number of pyridine rings is 1. The van der Waals surface area contributed by atoms with Gasteiger partial charge in [-0.15, -0.1) is 0 Å². The first-order chi connectivity index (χ1) is 4.86. The maximum absolute atomic E-state index is 5.46. The van der Waals surface area contributed by atoms with E-state index in [1.54, 1.807) is 4.52 Å². The van der Waals surface area contributed by atoms with Gasteiger partial charge in [0.15, 0.2) is 0 Å². The zero-order chi connectivity index (χ0) is 6.97. The van der Waals surface area contributed by atoms with Crippen LogP contribution in [0.25, 0.3) is 5.52 Å². The standard InChI is InChI=1S/C7H7N3/c8-7-5-6-3-1-2-4-10(6)9-7/h1-5H,(H2,8,9). The summed E-state index contributed by atoms with van der Waals surface area (Å²) in [5, 5.41) is 4.01. The highest BCUT2D eigenvalue weighted by Gasteiger charge is 1.92. The number of rotatable bonds is 0. The van der Waals surface area contributed by atoms with Crippen molar-refractivity contribution in [2.75, 3.05) is 5.73 Å². The molecule has 2 aromatic rings. The molecule has 0 aliphatic rings. The van der Waals surface area contributed by atoms with Crippen molar-refractivity contribution in [3.63, 3.8) is 0 Å². The van der Waals surface area contributed by atoms with E-state index >= 15 is 0 Å². The number of nitrogen functional groups attached to an aromatic ring is 1. The molecule has 0 aromatic carbocycles. The first kappa shape index (κ1) is 5.29. The molecular weight excluding hydrogens is 126 g/mol. The highest BCUT2D eigenvalue weighted by Crippen LogP contribution is 2.05. The van der Waals surface area contributed by atoms with Crippen molar-refractivity contribution in [3.05, 3.63) is 30.5 Å². The van der Waals surface area contributed by atoms with E-state index in [0.717, 1.165) is 5.52 Å². The van der Waals surface area contributed by atoms with Gasteiger partial charge in [0.25, 0.3) is 0 Å². The second-order valence-electron chi connectivity index (χ2n) is 2.14. The molecule has 2 heterocycles. The predicted octanol–water partition coefficient (Wildman–Crippen LogP) is 0.916. The molecular formula is C7H7N3. The minimum absolute atomic E-state index is 0.561. The number of fused-ring (bicyclic) bond motifs is 1. The summed E-state index contributed by atoms with van der Waals surface area (Å²) >= 11 is 0. The molecule has 3 nitrogen and oxygen atoms in total. The maximum atomic E-state index is 5.46. The van der Waals surface area contributed by atoms with E-state index in [0.29, 0.717) is 5.82 Å². The van der Waals surface area contributed by atoms with Crippen LogP contribution in [-0.4, -0.2) is 9.61 Å². The van der Waals surface area contributed by atoms with Crippen LogP contribution in [0, 0.1) is 0 Å². The van der Waals surface area contributed by atoms with Crippen molar-refractivity contribution in [1.82, 2.24) is 9.61 Å². The Morgan fingerprint density at radius 3 is 3.10 bits per heavy atom. The fourth-order valence-electron chi connectivity index (χ4n) is 0.958. The highest BCUT2D eigenvalue weighted by atomic mass is 15.2. The van der Waals surface area contributed by atoms with Crippen molar-refractivity contribution >= 4 is 11.3 Å². The topological polar surface area (TPSA) is 43.3 Å². The van der Waals surface area contributed by atoms with Crippen LogP contribution in [0.2, 0.25) is 0 Å². The Hall–Kier alpha value is -1.51. The molecule has 0 radical (unpaired) electrons. The first-order valence-electron chi connectivity index (χ1n) is 3.06. The summed E-state index contributed by atoms with van der Waals surface area (Å²) in [5.41, 5.74) is 6.49. The van der Waals surface area contributed by atoms with Crippen molar-refractivity contribution in [2.24, 2.45) is 0 Å². The van der Waals surface area contributed by atoms with Crippen LogP contribution in [0.4, 0.5) is 5.82 Å².